The number of hydrogen-bond acceptors (Lipinski definition) is 3. The third kappa shape index (κ3) is 2.37. The lowest BCUT2D eigenvalue weighted by molar-refractivity contribution is -0.139. The second-order valence-electron chi connectivity index (χ2n) is 5.83. The molecule has 5 nitrogen and oxygen atoms in total. The van der Waals surface area contributed by atoms with Gasteiger partial charge in [-0.05, 0) is 39.5 Å². The summed E-state index contributed by atoms with van der Waals surface area (Å²) in [6.45, 7) is 6.05. The van der Waals surface area contributed by atoms with Crippen molar-refractivity contribution < 1.29 is 19.4 Å². The number of piperidine rings is 1. The van der Waals surface area contributed by atoms with Gasteiger partial charge in [-0.2, -0.15) is 0 Å². The molecule has 96 valence electrons. The van der Waals surface area contributed by atoms with Gasteiger partial charge in [0.05, 0.1) is 12.0 Å². The summed E-state index contributed by atoms with van der Waals surface area (Å²) in [7, 11) is 0. The van der Waals surface area contributed by atoms with E-state index in [0.717, 1.165) is 12.8 Å². The van der Waals surface area contributed by atoms with E-state index in [4.69, 9.17) is 9.84 Å². The molecule has 1 saturated carbocycles. The van der Waals surface area contributed by atoms with E-state index in [1.807, 2.05) is 20.8 Å². The Labute approximate surface area is 101 Å². The molecule has 3 atom stereocenters. The van der Waals surface area contributed by atoms with Crippen LogP contribution in [-0.2, 0) is 9.53 Å². The van der Waals surface area contributed by atoms with Crippen molar-refractivity contribution in [2.24, 2.45) is 11.8 Å². The molecule has 1 heterocycles. The van der Waals surface area contributed by atoms with Gasteiger partial charge < -0.3 is 14.7 Å². The number of amides is 1. The quantitative estimate of drug-likeness (QED) is 0.759. The van der Waals surface area contributed by atoms with Gasteiger partial charge in [0, 0.05) is 6.54 Å². The third-order valence-corrected chi connectivity index (χ3v) is 3.34. The maximum Gasteiger partial charge on any atom is 0.410 e. The highest BCUT2D eigenvalue weighted by atomic mass is 16.6. The van der Waals surface area contributed by atoms with E-state index >= 15 is 0 Å². The van der Waals surface area contributed by atoms with Crippen molar-refractivity contribution in [1.29, 1.82) is 0 Å². The number of likely N-dealkylation sites (tertiary alicyclic amines) is 1. The predicted molar refractivity (Wildman–Crippen MR) is 60.6 cm³/mol. The Hall–Kier alpha value is -1.26. The highest BCUT2D eigenvalue weighted by molar-refractivity contribution is 5.78. The van der Waals surface area contributed by atoms with E-state index < -0.39 is 11.6 Å². The molecule has 1 aliphatic carbocycles. The predicted octanol–water partition coefficient (Wildman–Crippen LogP) is 1.72. The van der Waals surface area contributed by atoms with Crippen molar-refractivity contribution in [3.8, 4) is 0 Å². The molecule has 2 fully saturated rings. The number of carboxylic acid groups (broad SMARTS) is 1. The Bertz CT molecular complexity index is 347. The summed E-state index contributed by atoms with van der Waals surface area (Å²) in [6, 6.07) is -0.143. The van der Waals surface area contributed by atoms with Gasteiger partial charge in [0.25, 0.3) is 0 Å². The normalized spacial score (nSPS) is 31.7. The van der Waals surface area contributed by atoms with Crippen molar-refractivity contribution in [2.45, 2.75) is 45.3 Å². The molecule has 0 radical (unpaired) electrons. The fourth-order valence-corrected chi connectivity index (χ4v) is 2.64. The first-order valence-corrected chi connectivity index (χ1v) is 6.04. The summed E-state index contributed by atoms with van der Waals surface area (Å²) in [5, 5.41) is 9.04. The number of carbonyl (C=O) groups is 2. The summed E-state index contributed by atoms with van der Waals surface area (Å²) in [5.41, 5.74) is -0.530. The highest BCUT2D eigenvalue weighted by Gasteiger charge is 2.60. The van der Waals surface area contributed by atoms with Crippen LogP contribution in [0.2, 0.25) is 0 Å². The van der Waals surface area contributed by atoms with Crippen LogP contribution in [0.5, 0.6) is 0 Å². The Kier molecular flexibility index (Phi) is 2.79. The van der Waals surface area contributed by atoms with Crippen LogP contribution in [0.1, 0.15) is 33.6 Å². The lowest BCUT2D eigenvalue weighted by Gasteiger charge is -2.29. The first kappa shape index (κ1) is 12.2. The highest BCUT2D eigenvalue weighted by Crippen LogP contribution is 2.49. The van der Waals surface area contributed by atoms with E-state index in [9.17, 15) is 9.59 Å². The number of hydrogen-bond donors (Lipinski definition) is 1. The summed E-state index contributed by atoms with van der Waals surface area (Å²) < 4.78 is 5.30. The number of ether oxygens (including phenoxy) is 1. The number of aliphatic carboxylic acids is 1. The maximum atomic E-state index is 11.9. The van der Waals surface area contributed by atoms with Crippen LogP contribution in [0.3, 0.4) is 0 Å². The second kappa shape index (κ2) is 3.89. The number of fused-ring (bicyclic) bond motifs is 1. The standard InChI is InChI=1S/C12H19NO4/c1-12(2,3)17-11(16)13-6-4-5-7-8(9(7)13)10(14)15/h7-9H,4-6H2,1-3H3,(H,14,15)/t7-,8+,9+/m1/s1. The molecular weight excluding hydrogens is 222 g/mol. The molecule has 0 aromatic carbocycles. The van der Waals surface area contributed by atoms with Gasteiger partial charge in [0.1, 0.15) is 5.60 Å². The smallest absolute Gasteiger partial charge is 0.410 e. The number of carbonyl (C=O) groups excluding carboxylic acids is 1. The fourth-order valence-electron chi connectivity index (χ4n) is 2.64. The zero-order valence-electron chi connectivity index (χ0n) is 10.5. The molecular formula is C12H19NO4. The minimum absolute atomic E-state index is 0.133. The second-order valence-corrected chi connectivity index (χ2v) is 5.83. The molecule has 0 aromatic heterocycles. The molecule has 0 bridgehead atoms. The molecule has 2 aliphatic rings. The van der Waals surface area contributed by atoms with Crippen molar-refractivity contribution in [3.63, 3.8) is 0 Å². The molecule has 0 spiro atoms. The van der Waals surface area contributed by atoms with E-state index in [1.165, 1.54) is 0 Å². The SMILES string of the molecule is CC(C)(C)OC(=O)N1CCC[C@@H]2[C@H](C(=O)O)[C@H]21. The molecule has 17 heavy (non-hydrogen) atoms. The van der Waals surface area contributed by atoms with Crippen LogP contribution in [0.25, 0.3) is 0 Å². The molecule has 0 aromatic rings. The average Bonchev–Trinajstić information content (AvgIpc) is 2.87. The average molecular weight is 241 g/mol. The Balaban J connectivity index is 2.02. The topological polar surface area (TPSA) is 66.8 Å². The minimum Gasteiger partial charge on any atom is -0.481 e. The van der Waals surface area contributed by atoms with E-state index in [0.29, 0.717) is 6.54 Å². The number of nitrogens with zero attached hydrogens (tertiary/aromatic N) is 1. The summed E-state index contributed by atoms with van der Waals surface area (Å²) in [5.74, 6) is -1.05. The fraction of sp³-hybridized carbons (Fsp3) is 0.833. The molecule has 0 unspecified atom stereocenters. The van der Waals surface area contributed by atoms with Gasteiger partial charge in [0.15, 0.2) is 0 Å². The number of rotatable bonds is 1. The van der Waals surface area contributed by atoms with Crippen molar-refractivity contribution in [3.05, 3.63) is 0 Å². The van der Waals surface area contributed by atoms with Crippen LogP contribution in [0.15, 0.2) is 0 Å². The van der Waals surface area contributed by atoms with Crippen molar-refractivity contribution >= 4 is 12.1 Å². The largest absolute Gasteiger partial charge is 0.481 e. The maximum absolute atomic E-state index is 11.9. The van der Waals surface area contributed by atoms with Gasteiger partial charge in [-0.1, -0.05) is 0 Å². The molecule has 5 heteroatoms. The van der Waals surface area contributed by atoms with Gasteiger partial charge in [-0.25, -0.2) is 4.79 Å². The van der Waals surface area contributed by atoms with Crippen molar-refractivity contribution in [1.82, 2.24) is 4.90 Å². The zero-order chi connectivity index (χ0) is 12.8. The van der Waals surface area contributed by atoms with E-state index in [2.05, 4.69) is 0 Å². The van der Waals surface area contributed by atoms with Gasteiger partial charge in [-0.15, -0.1) is 0 Å². The lowest BCUT2D eigenvalue weighted by atomic mass is 10.1. The summed E-state index contributed by atoms with van der Waals surface area (Å²) in [6.07, 6.45) is 1.39. The minimum atomic E-state index is -0.796. The first-order valence-electron chi connectivity index (χ1n) is 6.04. The van der Waals surface area contributed by atoms with E-state index in [1.54, 1.807) is 4.90 Å². The molecule has 1 aliphatic heterocycles. The molecule has 1 amide bonds. The molecule has 2 rings (SSSR count). The zero-order valence-corrected chi connectivity index (χ0v) is 10.5. The van der Waals surface area contributed by atoms with Crippen LogP contribution in [0, 0.1) is 11.8 Å². The summed E-state index contributed by atoms with van der Waals surface area (Å²) in [4.78, 5) is 24.5. The third-order valence-electron chi connectivity index (χ3n) is 3.34. The van der Waals surface area contributed by atoms with Gasteiger partial charge in [0.2, 0.25) is 0 Å². The van der Waals surface area contributed by atoms with Crippen LogP contribution in [-0.4, -0.2) is 40.3 Å². The molecule has 1 saturated heterocycles. The van der Waals surface area contributed by atoms with Crippen molar-refractivity contribution in [2.75, 3.05) is 6.54 Å². The van der Waals surface area contributed by atoms with Gasteiger partial charge in [-0.3, -0.25) is 4.79 Å². The lowest BCUT2D eigenvalue weighted by Crippen LogP contribution is -2.41. The van der Waals surface area contributed by atoms with Crippen LogP contribution in [0.4, 0.5) is 4.79 Å². The first-order chi connectivity index (χ1) is 7.81. The Morgan fingerprint density at radius 1 is 1.35 bits per heavy atom. The number of carboxylic acids is 1. The van der Waals surface area contributed by atoms with E-state index in [-0.39, 0.29) is 24.0 Å². The monoisotopic (exact) mass is 241 g/mol. The van der Waals surface area contributed by atoms with Gasteiger partial charge >= 0.3 is 12.1 Å². The van der Waals surface area contributed by atoms with Crippen LogP contribution < -0.4 is 0 Å². The van der Waals surface area contributed by atoms with Crippen LogP contribution >= 0.6 is 0 Å². The molecule has 1 N–H and O–H groups in total. The Morgan fingerprint density at radius 2 is 2.00 bits per heavy atom. The summed E-state index contributed by atoms with van der Waals surface area (Å²) >= 11 is 0. The Morgan fingerprint density at radius 3 is 2.53 bits per heavy atom.